The number of alkyl halides is 1. The van der Waals surface area contributed by atoms with Gasteiger partial charge in [-0.2, -0.15) is 0 Å². The van der Waals surface area contributed by atoms with E-state index in [9.17, 15) is 24.9 Å². The monoisotopic (exact) mass is 549 g/mol. The summed E-state index contributed by atoms with van der Waals surface area (Å²) in [6, 6.07) is -0.769. The number of carbonyl (C=O) groups is 2. The minimum atomic E-state index is -1.18. The lowest BCUT2D eigenvalue weighted by atomic mass is 9.86. The highest BCUT2D eigenvalue weighted by Gasteiger charge is 2.48. The van der Waals surface area contributed by atoms with Gasteiger partial charge in [0.2, 0.25) is 11.8 Å². The molecule has 36 heavy (non-hydrogen) atoms. The third-order valence-corrected chi connectivity index (χ3v) is 9.13. The molecule has 5 unspecified atom stereocenters. The van der Waals surface area contributed by atoms with E-state index in [4.69, 9.17) is 16.3 Å². The van der Waals surface area contributed by atoms with Crippen LogP contribution in [-0.4, -0.2) is 93.8 Å². The second-order valence-corrected chi connectivity index (χ2v) is 12.2. The summed E-state index contributed by atoms with van der Waals surface area (Å²) in [6.07, 6.45) is 7.00. The van der Waals surface area contributed by atoms with E-state index in [1.807, 2.05) is 0 Å². The van der Waals surface area contributed by atoms with Crippen LogP contribution in [0.5, 0.6) is 0 Å². The van der Waals surface area contributed by atoms with Crippen LogP contribution in [-0.2, 0) is 14.3 Å². The molecule has 0 radical (unpaired) electrons. The van der Waals surface area contributed by atoms with Crippen LogP contribution in [0.4, 0.5) is 0 Å². The Balaban J connectivity index is 1.52. The molecule has 3 aliphatic rings. The summed E-state index contributed by atoms with van der Waals surface area (Å²) in [6.45, 7) is 2.01. The van der Waals surface area contributed by atoms with E-state index in [2.05, 4.69) is 16.0 Å². The topological polar surface area (TPSA) is 140 Å². The van der Waals surface area contributed by atoms with Crippen molar-refractivity contribution < 1.29 is 29.6 Å². The van der Waals surface area contributed by atoms with Crippen LogP contribution >= 0.6 is 23.4 Å². The maximum atomic E-state index is 13.2. The lowest BCUT2D eigenvalue weighted by Crippen LogP contribution is -2.64. The Morgan fingerprint density at radius 2 is 1.86 bits per heavy atom. The van der Waals surface area contributed by atoms with Gasteiger partial charge in [0.15, 0.2) is 0 Å². The number of thioether (sulfide) groups is 1. The highest BCUT2D eigenvalue weighted by atomic mass is 35.5. The van der Waals surface area contributed by atoms with Gasteiger partial charge in [-0.15, -0.1) is 23.4 Å². The van der Waals surface area contributed by atoms with Crippen molar-refractivity contribution in [2.24, 2.45) is 11.8 Å². The molecule has 6 N–H and O–H groups in total. The maximum absolute atomic E-state index is 13.2. The van der Waals surface area contributed by atoms with Gasteiger partial charge in [-0.05, 0) is 64.2 Å². The minimum Gasteiger partial charge on any atom is -0.396 e. The summed E-state index contributed by atoms with van der Waals surface area (Å²) in [5.74, 6) is -0.493. The Kier molecular flexibility index (Phi) is 12.1. The van der Waals surface area contributed by atoms with Crippen molar-refractivity contribution in [3.8, 4) is 0 Å². The Bertz CT molecular complexity index is 713. The Labute approximate surface area is 223 Å². The highest BCUT2D eigenvalue weighted by molar-refractivity contribution is 7.99. The second kappa shape index (κ2) is 14.5. The van der Waals surface area contributed by atoms with Crippen LogP contribution in [0.25, 0.3) is 0 Å². The van der Waals surface area contributed by atoms with Gasteiger partial charge in [0, 0.05) is 18.4 Å². The van der Waals surface area contributed by atoms with Gasteiger partial charge >= 0.3 is 0 Å². The molecule has 3 rings (SSSR count). The van der Waals surface area contributed by atoms with Crippen molar-refractivity contribution >= 4 is 35.2 Å². The summed E-state index contributed by atoms with van der Waals surface area (Å²) in [7, 11) is 0. The fourth-order valence-corrected chi connectivity index (χ4v) is 6.65. The molecule has 9 nitrogen and oxygen atoms in total. The van der Waals surface area contributed by atoms with Crippen LogP contribution in [0.15, 0.2) is 0 Å². The van der Waals surface area contributed by atoms with Gasteiger partial charge in [-0.1, -0.05) is 12.8 Å². The lowest BCUT2D eigenvalue weighted by Gasteiger charge is -2.45. The zero-order valence-corrected chi connectivity index (χ0v) is 23.0. The van der Waals surface area contributed by atoms with Crippen molar-refractivity contribution in [3.05, 3.63) is 0 Å². The molecule has 0 spiro atoms. The zero-order valence-electron chi connectivity index (χ0n) is 21.4. The van der Waals surface area contributed by atoms with Crippen LogP contribution < -0.4 is 16.0 Å². The first-order valence-corrected chi connectivity index (χ1v) is 15.1. The van der Waals surface area contributed by atoms with E-state index < -0.39 is 53.7 Å². The molecule has 1 aliphatic carbocycles. The molecular weight excluding hydrogens is 506 g/mol. The molecule has 0 aromatic heterocycles. The van der Waals surface area contributed by atoms with Crippen LogP contribution in [0, 0.1) is 11.8 Å². The molecule has 0 aromatic rings. The van der Waals surface area contributed by atoms with Gasteiger partial charge in [0.1, 0.15) is 11.5 Å². The molecule has 2 amide bonds. The largest absolute Gasteiger partial charge is 0.396 e. The molecule has 208 valence electrons. The number of rotatable bonds is 10. The number of aliphatic hydroxyl groups is 3. The molecule has 0 bridgehead atoms. The first-order chi connectivity index (χ1) is 17.2. The Morgan fingerprint density at radius 1 is 1.14 bits per heavy atom. The van der Waals surface area contributed by atoms with Crippen molar-refractivity contribution in [1.82, 2.24) is 16.0 Å². The maximum Gasteiger partial charge on any atom is 0.237 e. The minimum absolute atomic E-state index is 0.133. The molecule has 9 atom stereocenters. The summed E-state index contributed by atoms with van der Waals surface area (Å²) in [4.78, 5) is 25.5. The third kappa shape index (κ3) is 7.94. The molecule has 1 saturated carbocycles. The second-order valence-electron chi connectivity index (χ2n) is 10.6. The van der Waals surface area contributed by atoms with Gasteiger partial charge in [-0.25, -0.2) is 0 Å². The highest BCUT2D eigenvalue weighted by Crippen LogP contribution is 2.33. The van der Waals surface area contributed by atoms with E-state index in [0.717, 1.165) is 32.1 Å². The fourth-order valence-electron chi connectivity index (χ4n) is 5.72. The van der Waals surface area contributed by atoms with E-state index in [-0.39, 0.29) is 11.8 Å². The lowest BCUT2D eigenvalue weighted by molar-refractivity contribution is -0.188. The molecule has 2 heterocycles. The Morgan fingerprint density at radius 3 is 2.50 bits per heavy atom. The molecule has 2 aliphatic heterocycles. The van der Waals surface area contributed by atoms with E-state index in [1.54, 1.807) is 13.2 Å². The van der Waals surface area contributed by atoms with Crippen molar-refractivity contribution in [2.45, 2.75) is 112 Å². The predicted molar refractivity (Wildman–Crippen MR) is 141 cm³/mol. The summed E-state index contributed by atoms with van der Waals surface area (Å²) in [5.41, 5.74) is -0.645. The SMILES string of the molecule is CSC1OC([C@H](NC(=O)[C@@H]2CC[C@H](CCC(=O)NC3CCCC3)CCN2)[C@H](C)Cl)C(O)C(CO)C1O. The van der Waals surface area contributed by atoms with Crippen LogP contribution in [0.1, 0.15) is 64.7 Å². The Hall–Kier alpha value is -0.620. The molecular formula is C25H44ClN3O6S. The molecule has 0 aromatic carbocycles. The number of hydrogen-bond acceptors (Lipinski definition) is 8. The average molecular weight is 550 g/mol. The van der Waals surface area contributed by atoms with E-state index >= 15 is 0 Å². The first kappa shape index (κ1) is 29.9. The van der Waals surface area contributed by atoms with E-state index in [1.165, 1.54) is 24.6 Å². The van der Waals surface area contributed by atoms with Crippen molar-refractivity contribution in [1.29, 1.82) is 0 Å². The number of amides is 2. The number of hydrogen-bond donors (Lipinski definition) is 6. The van der Waals surface area contributed by atoms with Crippen LogP contribution in [0.3, 0.4) is 0 Å². The number of carbonyl (C=O) groups excluding carboxylic acids is 2. The smallest absolute Gasteiger partial charge is 0.237 e. The van der Waals surface area contributed by atoms with Crippen molar-refractivity contribution in [3.63, 3.8) is 0 Å². The van der Waals surface area contributed by atoms with Gasteiger partial charge in [0.05, 0.1) is 36.3 Å². The van der Waals surface area contributed by atoms with Crippen LogP contribution in [0.2, 0.25) is 0 Å². The first-order valence-electron chi connectivity index (χ1n) is 13.4. The molecule has 3 fully saturated rings. The molecule has 11 heteroatoms. The number of aliphatic hydroxyl groups excluding tert-OH is 3. The molecule has 2 saturated heterocycles. The van der Waals surface area contributed by atoms with E-state index in [0.29, 0.717) is 31.3 Å². The number of nitrogens with one attached hydrogen (secondary N) is 3. The zero-order chi connectivity index (χ0) is 26.2. The number of halogens is 1. The number of ether oxygens (including phenoxy) is 1. The standard InChI is InChI=1S/C25H44ClN3O6S/c1-14(26)20(23-21(32)17(13-30)22(33)25(35-23)36-2)29-24(34)18-9-7-15(11-12-27-18)8-10-19(31)28-16-5-3-4-6-16/h14-18,20-23,25,27,30,32-33H,3-13H2,1-2H3,(H,28,31)(H,29,34)/t14-,15+,17?,18-,20+,21?,22?,23?,25?/m0/s1. The normalized spacial score (nSPS) is 35.6. The predicted octanol–water partition coefficient (Wildman–Crippen LogP) is 1.11. The summed E-state index contributed by atoms with van der Waals surface area (Å²) < 4.78 is 5.94. The summed E-state index contributed by atoms with van der Waals surface area (Å²) >= 11 is 7.72. The quantitative estimate of drug-likeness (QED) is 0.223. The fraction of sp³-hybridized carbons (Fsp3) is 0.920. The third-order valence-electron chi connectivity index (χ3n) is 8.01. The summed E-state index contributed by atoms with van der Waals surface area (Å²) in [5, 5.41) is 39.8. The average Bonchev–Trinajstić information content (AvgIpc) is 3.24. The van der Waals surface area contributed by atoms with Gasteiger partial charge in [-0.3, -0.25) is 9.59 Å². The van der Waals surface area contributed by atoms with Gasteiger partial charge in [0.25, 0.3) is 0 Å². The van der Waals surface area contributed by atoms with Crippen molar-refractivity contribution in [2.75, 3.05) is 19.4 Å². The van der Waals surface area contributed by atoms with Gasteiger partial charge < -0.3 is 36.0 Å².